The van der Waals surface area contributed by atoms with E-state index in [9.17, 15) is 0 Å². The lowest BCUT2D eigenvalue weighted by molar-refractivity contribution is 0.0113. The molecule has 9 nitrogen and oxygen atoms in total. The number of azide groups is 1. The van der Waals surface area contributed by atoms with Crippen LogP contribution >= 0.6 is 0 Å². The van der Waals surface area contributed by atoms with E-state index in [2.05, 4.69) is 20.3 Å². The lowest BCUT2D eigenvalue weighted by Gasteiger charge is -2.24. The second kappa shape index (κ2) is 12.7. The van der Waals surface area contributed by atoms with Gasteiger partial charge in [0.15, 0.2) is 0 Å². The van der Waals surface area contributed by atoms with Crippen LogP contribution in [0.3, 0.4) is 0 Å². The molecule has 0 N–H and O–H groups in total. The summed E-state index contributed by atoms with van der Waals surface area (Å²) < 4.78 is 23.7. The van der Waals surface area contributed by atoms with E-state index in [0.29, 0.717) is 46.2 Å². The molecule has 0 saturated heterocycles. The molecule has 2 rings (SSSR count). The molecule has 1 aliphatic carbocycles. The topological polar surface area (TPSA) is 107 Å². The standard InChI is InChI=1S/C14H24N6O3.CH4/c15-18-16-4-5-21-6-7-22-8-9-23-12-14-11-20(19-17-14)10-13-2-1-3-13;/h11,13H,1-10,12H2;1H4/i;1D. The molecule has 136 valence electrons. The largest absolute Gasteiger partial charge is 0.379 e. The van der Waals surface area contributed by atoms with Crippen LogP contribution in [0.4, 0.5) is 0 Å². The Hall–Kier alpha value is -1.67. The normalized spacial score (nSPS) is 14.1. The highest BCUT2D eigenvalue weighted by Crippen LogP contribution is 2.27. The van der Waals surface area contributed by atoms with Gasteiger partial charge in [-0.25, -0.2) is 0 Å². The van der Waals surface area contributed by atoms with Gasteiger partial charge in [0.2, 0.25) is 0 Å². The van der Waals surface area contributed by atoms with Crippen molar-refractivity contribution in [2.24, 2.45) is 11.0 Å². The second-order valence-corrected chi connectivity index (χ2v) is 5.46. The molecule has 1 fully saturated rings. The second-order valence-electron chi connectivity index (χ2n) is 5.46. The summed E-state index contributed by atoms with van der Waals surface area (Å²) in [7, 11) is 1.25. The summed E-state index contributed by atoms with van der Waals surface area (Å²) in [5.74, 6) is 0.771. The molecule has 9 heteroatoms. The summed E-state index contributed by atoms with van der Waals surface area (Å²) in [5, 5.41) is 11.6. The van der Waals surface area contributed by atoms with E-state index in [4.69, 9.17) is 21.1 Å². The maximum Gasteiger partial charge on any atom is 0.108 e. The van der Waals surface area contributed by atoms with Gasteiger partial charge in [-0.1, -0.05) is 24.2 Å². The van der Waals surface area contributed by atoms with Crippen molar-refractivity contribution in [1.82, 2.24) is 15.0 Å². The zero-order valence-corrected chi connectivity index (χ0v) is 14.3. The van der Waals surface area contributed by atoms with Gasteiger partial charge >= 0.3 is 0 Å². The SMILES string of the molecule is [2H]C.[N-]=[N+]=NCCOCCOCCOCc1cn(CC2CCC2)nn1. The van der Waals surface area contributed by atoms with Gasteiger partial charge in [0.1, 0.15) is 5.69 Å². The van der Waals surface area contributed by atoms with Gasteiger partial charge in [-0.15, -0.1) is 5.10 Å². The molecule has 24 heavy (non-hydrogen) atoms. The van der Waals surface area contributed by atoms with E-state index < -0.39 is 0 Å². The predicted molar refractivity (Wildman–Crippen MR) is 89.4 cm³/mol. The van der Waals surface area contributed by atoms with Crippen LogP contribution in [0.1, 0.15) is 33.7 Å². The number of nitrogens with zero attached hydrogens (tertiary/aromatic N) is 6. The quantitative estimate of drug-likeness (QED) is 0.237. The van der Waals surface area contributed by atoms with Crippen molar-refractivity contribution in [2.75, 3.05) is 39.6 Å². The Labute approximate surface area is 144 Å². The van der Waals surface area contributed by atoms with Crippen LogP contribution in [0, 0.1) is 5.92 Å². The fraction of sp³-hybridized carbons (Fsp3) is 0.867. The van der Waals surface area contributed by atoms with Gasteiger partial charge in [-0.2, -0.15) is 0 Å². The zero-order chi connectivity index (χ0) is 18.2. The van der Waals surface area contributed by atoms with Gasteiger partial charge in [0.25, 0.3) is 0 Å². The number of rotatable bonds is 13. The first-order valence-electron chi connectivity index (χ1n) is 9.01. The van der Waals surface area contributed by atoms with Crippen molar-refractivity contribution in [3.05, 3.63) is 22.3 Å². The summed E-state index contributed by atoms with van der Waals surface area (Å²) in [4.78, 5) is 2.64. The van der Waals surface area contributed by atoms with Crippen molar-refractivity contribution in [3.8, 4) is 0 Å². The van der Waals surface area contributed by atoms with Crippen LogP contribution < -0.4 is 0 Å². The van der Waals surface area contributed by atoms with Gasteiger partial charge < -0.3 is 14.2 Å². The third-order valence-corrected chi connectivity index (χ3v) is 3.65. The van der Waals surface area contributed by atoms with Gasteiger partial charge in [0.05, 0.1) is 45.8 Å². The molecule has 0 aliphatic heterocycles. The molecular weight excluding hydrogens is 312 g/mol. The highest BCUT2D eigenvalue weighted by molar-refractivity contribution is 4.90. The lowest BCUT2D eigenvalue weighted by atomic mass is 9.85. The number of aromatic nitrogens is 3. The highest BCUT2D eigenvalue weighted by atomic mass is 16.5. The summed E-state index contributed by atoms with van der Waals surface area (Å²) in [6.07, 6.45) is 5.90. The molecule has 0 radical (unpaired) electrons. The van der Waals surface area contributed by atoms with E-state index in [0.717, 1.165) is 18.2 Å². The third-order valence-electron chi connectivity index (χ3n) is 3.65. The van der Waals surface area contributed by atoms with E-state index in [1.807, 2.05) is 10.9 Å². The third kappa shape index (κ3) is 8.26. The van der Waals surface area contributed by atoms with Crippen molar-refractivity contribution in [2.45, 2.75) is 39.8 Å². The maximum atomic E-state index is 8.08. The maximum absolute atomic E-state index is 8.08. The van der Waals surface area contributed by atoms with Crippen LogP contribution in [0.15, 0.2) is 11.3 Å². The minimum Gasteiger partial charge on any atom is -0.379 e. The summed E-state index contributed by atoms with van der Waals surface area (Å²) in [6.45, 7) is 4.19. The monoisotopic (exact) mass is 341 g/mol. The molecule has 0 unspecified atom stereocenters. The Morgan fingerprint density at radius 3 is 2.62 bits per heavy atom. The Bertz CT molecular complexity index is 491. The molecule has 1 saturated carbocycles. The van der Waals surface area contributed by atoms with Crippen LogP contribution in [0.2, 0.25) is 0 Å². The fourth-order valence-corrected chi connectivity index (χ4v) is 2.20. The van der Waals surface area contributed by atoms with Gasteiger partial charge in [-0.3, -0.25) is 4.68 Å². The Morgan fingerprint density at radius 1 is 1.25 bits per heavy atom. The smallest absolute Gasteiger partial charge is 0.108 e. The molecular formula is C15H28N6O3. The number of hydrogen-bond acceptors (Lipinski definition) is 6. The molecule has 0 spiro atoms. The molecule has 0 atom stereocenters. The van der Waals surface area contributed by atoms with Crippen LogP contribution in [-0.4, -0.2) is 54.6 Å². The first kappa shape index (κ1) is 18.7. The molecule has 1 aliphatic rings. The molecule has 0 aromatic carbocycles. The van der Waals surface area contributed by atoms with E-state index >= 15 is 0 Å². The fourth-order valence-electron chi connectivity index (χ4n) is 2.20. The van der Waals surface area contributed by atoms with Crippen molar-refractivity contribution >= 4 is 0 Å². The highest BCUT2D eigenvalue weighted by Gasteiger charge is 2.18. The minimum absolute atomic E-state index is 0.348. The van der Waals surface area contributed by atoms with Crippen molar-refractivity contribution < 1.29 is 15.6 Å². The Morgan fingerprint density at radius 2 is 1.96 bits per heavy atom. The van der Waals surface area contributed by atoms with Crippen molar-refractivity contribution in [1.29, 1.82) is 0 Å². The molecule has 1 aromatic rings. The van der Waals surface area contributed by atoms with Crippen LogP contribution in [0.25, 0.3) is 10.4 Å². The average molecular weight is 341 g/mol. The molecule has 1 aromatic heterocycles. The first-order valence-corrected chi connectivity index (χ1v) is 8.01. The summed E-state index contributed by atoms with van der Waals surface area (Å²) >= 11 is 0. The van der Waals surface area contributed by atoms with Crippen LogP contribution in [0.5, 0.6) is 0 Å². The average Bonchev–Trinajstić information content (AvgIpc) is 3.05. The lowest BCUT2D eigenvalue weighted by Crippen LogP contribution is -2.18. The zero-order valence-electron chi connectivity index (χ0n) is 15.3. The molecule has 0 amide bonds. The van der Waals surface area contributed by atoms with E-state index in [1.54, 1.807) is 0 Å². The molecule has 1 heterocycles. The summed E-state index contributed by atoms with van der Waals surface area (Å²) in [5.41, 5.74) is 8.93. The van der Waals surface area contributed by atoms with Crippen molar-refractivity contribution in [3.63, 3.8) is 0 Å². The van der Waals surface area contributed by atoms with E-state index in [-0.39, 0.29) is 0 Å². The minimum atomic E-state index is 0.348. The first-order chi connectivity index (χ1) is 12.4. The Balaban J connectivity index is 0.00000151. The molecule has 0 bridgehead atoms. The predicted octanol–water partition coefficient (Wildman–Crippen LogP) is 2.57. The Kier molecular flexibility index (Phi) is 9.89. The van der Waals surface area contributed by atoms with Crippen LogP contribution in [-0.2, 0) is 27.4 Å². The van der Waals surface area contributed by atoms with E-state index in [1.165, 1.54) is 26.7 Å². The van der Waals surface area contributed by atoms with Gasteiger partial charge in [-0.05, 0) is 24.3 Å². The number of hydrogen-bond donors (Lipinski definition) is 0. The van der Waals surface area contributed by atoms with Gasteiger partial charge in [0, 0.05) is 19.4 Å². The number of ether oxygens (including phenoxy) is 3. The summed E-state index contributed by atoms with van der Waals surface area (Å²) in [6, 6.07) is 0.